The van der Waals surface area contributed by atoms with Crippen molar-refractivity contribution in [3.05, 3.63) is 30.3 Å². The van der Waals surface area contributed by atoms with Crippen molar-refractivity contribution < 1.29 is 9.53 Å². The number of anilines is 1. The zero-order chi connectivity index (χ0) is 13.7. The largest absolute Gasteiger partial charge is 0.469 e. The molecule has 1 aromatic carbocycles. The van der Waals surface area contributed by atoms with Gasteiger partial charge < -0.3 is 9.64 Å². The van der Waals surface area contributed by atoms with Gasteiger partial charge in [-0.05, 0) is 19.1 Å². The molecule has 0 spiro atoms. The van der Waals surface area contributed by atoms with Gasteiger partial charge in [0.2, 0.25) is 0 Å². The zero-order valence-corrected chi connectivity index (χ0v) is 11.7. The second-order valence-corrected chi connectivity index (χ2v) is 4.99. The molecule has 104 valence electrons. The molecule has 1 heterocycles. The highest BCUT2D eigenvalue weighted by molar-refractivity contribution is 5.69. The molecule has 1 atom stereocenters. The van der Waals surface area contributed by atoms with Crippen molar-refractivity contribution >= 4 is 11.7 Å². The van der Waals surface area contributed by atoms with E-state index in [9.17, 15) is 4.79 Å². The summed E-state index contributed by atoms with van der Waals surface area (Å²) in [5.41, 5.74) is 1.28. The minimum atomic E-state index is -0.127. The zero-order valence-electron chi connectivity index (χ0n) is 11.7. The fourth-order valence-corrected chi connectivity index (χ4v) is 2.51. The molecule has 1 aromatic rings. The number of hydrogen-bond donors (Lipinski definition) is 0. The molecule has 1 unspecified atom stereocenters. The topological polar surface area (TPSA) is 32.8 Å². The number of carbonyl (C=O) groups excluding carboxylic acids is 1. The number of carbonyl (C=O) groups is 1. The quantitative estimate of drug-likeness (QED) is 0.774. The number of rotatable bonds is 4. The minimum Gasteiger partial charge on any atom is -0.469 e. The van der Waals surface area contributed by atoms with Crippen molar-refractivity contribution in [2.24, 2.45) is 0 Å². The standard InChI is InChI=1S/C15H22N2O2/c1-13(12-15(18)19-2)16-8-10-17(11-9-16)14-6-4-3-5-7-14/h3-7,13H,8-12H2,1-2H3. The van der Waals surface area contributed by atoms with Crippen LogP contribution in [0.5, 0.6) is 0 Å². The molecule has 19 heavy (non-hydrogen) atoms. The third-order valence-corrected chi connectivity index (χ3v) is 3.75. The normalized spacial score (nSPS) is 18.1. The van der Waals surface area contributed by atoms with Crippen molar-refractivity contribution in [1.82, 2.24) is 4.90 Å². The van der Waals surface area contributed by atoms with Crippen LogP contribution in [0.4, 0.5) is 5.69 Å². The molecule has 1 aliphatic heterocycles. The van der Waals surface area contributed by atoms with Crippen LogP contribution in [0.2, 0.25) is 0 Å². The summed E-state index contributed by atoms with van der Waals surface area (Å²) in [7, 11) is 1.45. The highest BCUT2D eigenvalue weighted by Gasteiger charge is 2.22. The molecule has 0 bridgehead atoms. The first kappa shape index (κ1) is 13.9. The van der Waals surface area contributed by atoms with Gasteiger partial charge in [0, 0.05) is 37.9 Å². The van der Waals surface area contributed by atoms with Crippen LogP contribution in [0.15, 0.2) is 30.3 Å². The Kier molecular flexibility index (Phi) is 4.80. The number of methoxy groups -OCH3 is 1. The van der Waals surface area contributed by atoms with Gasteiger partial charge in [-0.1, -0.05) is 18.2 Å². The van der Waals surface area contributed by atoms with Gasteiger partial charge in [-0.2, -0.15) is 0 Å². The van der Waals surface area contributed by atoms with E-state index >= 15 is 0 Å². The molecular weight excluding hydrogens is 240 g/mol. The number of ether oxygens (including phenoxy) is 1. The van der Waals surface area contributed by atoms with Crippen LogP contribution < -0.4 is 4.90 Å². The maximum absolute atomic E-state index is 11.3. The number of nitrogens with zero attached hydrogens (tertiary/aromatic N) is 2. The molecule has 0 aromatic heterocycles. The highest BCUT2D eigenvalue weighted by Crippen LogP contribution is 2.17. The Labute approximate surface area is 115 Å². The fraction of sp³-hybridized carbons (Fsp3) is 0.533. The van der Waals surface area contributed by atoms with Crippen molar-refractivity contribution in [2.45, 2.75) is 19.4 Å². The molecule has 0 radical (unpaired) electrons. The Bertz CT molecular complexity index is 400. The van der Waals surface area contributed by atoms with Crippen LogP contribution >= 0.6 is 0 Å². The first-order valence-electron chi connectivity index (χ1n) is 6.81. The van der Waals surface area contributed by atoms with E-state index < -0.39 is 0 Å². The van der Waals surface area contributed by atoms with Crippen LogP contribution in [0, 0.1) is 0 Å². The monoisotopic (exact) mass is 262 g/mol. The van der Waals surface area contributed by atoms with Crippen molar-refractivity contribution in [1.29, 1.82) is 0 Å². The van der Waals surface area contributed by atoms with Crippen LogP contribution in [-0.4, -0.2) is 50.2 Å². The van der Waals surface area contributed by atoms with Gasteiger partial charge in [0.25, 0.3) is 0 Å². The van der Waals surface area contributed by atoms with Crippen LogP contribution in [-0.2, 0) is 9.53 Å². The molecule has 4 heteroatoms. The molecule has 0 amide bonds. The van der Waals surface area contributed by atoms with E-state index in [2.05, 4.69) is 41.0 Å². The van der Waals surface area contributed by atoms with Gasteiger partial charge in [0.1, 0.15) is 0 Å². The Morgan fingerprint density at radius 2 is 1.84 bits per heavy atom. The van der Waals surface area contributed by atoms with E-state index in [1.54, 1.807) is 0 Å². The summed E-state index contributed by atoms with van der Waals surface area (Å²) in [6, 6.07) is 10.7. The molecular formula is C15H22N2O2. The summed E-state index contributed by atoms with van der Waals surface area (Å²) in [6.45, 7) is 6.10. The summed E-state index contributed by atoms with van der Waals surface area (Å²) in [5.74, 6) is -0.127. The van der Waals surface area contributed by atoms with Crippen LogP contribution in [0.3, 0.4) is 0 Å². The summed E-state index contributed by atoms with van der Waals surface area (Å²) < 4.78 is 4.73. The fourth-order valence-electron chi connectivity index (χ4n) is 2.51. The van der Waals surface area contributed by atoms with Gasteiger partial charge in [-0.15, -0.1) is 0 Å². The molecule has 0 aliphatic carbocycles. The Morgan fingerprint density at radius 3 is 2.42 bits per heavy atom. The molecule has 1 saturated heterocycles. The summed E-state index contributed by atoms with van der Waals surface area (Å²) in [5, 5.41) is 0. The third kappa shape index (κ3) is 3.70. The number of hydrogen-bond acceptors (Lipinski definition) is 4. The average Bonchev–Trinajstić information content (AvgIpc) is 2.48. The highest BCUT2D eigenvalue weighted by atomic mass is 16.5. The predicted octanol–water partition coefficient (Wildman–Crippen LogP) is 1.76. The summed E-state index contributed by atoms with van der Waals surface area (Å²) >= 11 is 0. The lowest BCUT2D eigenvalue weighted by Gasteiger charge is -2.38. The Hall–Kier alpha value is -1.55. The predicted molar refractivity (Wildman–Crippen MR) is 76.3 cm³/mol. The van der Waals surface area contributed by atoms with Gasteiger partial charge in [0.05, 0.1) is 13.5 Å². The molecule has 4 nitrogen and oxygen atoms in total. The number of esters is 1. The SMILES string of the molecule is COC(=O)CC(C)N1CCN(c2ccccc2)CC1. The first-order valence-corrected chi connectivity index (χ1v) is 6.81. The van der Waals surface area contributed by atoms with E-state index in [-0.39, 0.29) is 12.0 Å². The maximum atomic E-state index is 11.3. The lowest BCUT2D eigenvalue weighted by atomic mass is 10.1. The lowest BCUT2D eigenvalue weighted by Crippen LogP contribution is -2.50. The van der Waals surface area contributed by atoms with Crippen molar-refractivity contribution in [3.63, 3.8) is 0 Å². The lowest BCUT2D eigenvalue weighted by molar-refractivity contribution is -0.141. The third-order valence-electron chi connectivity index (χ3n) is 3.75. The van der Waals surface area contributed by atoms with E-state index in [0.717, 1.165) is 26.2 Å². The first-order chi connectivity index (χ1) is 9.20. The second-order valence-electron chi connectivity index (χ2n) is 4.99. The number of para-hydroxylation sites is 1. The van der Waals surface area contributed by atoms with E-state index in [1.165, 1.54) is 12.8 Å². The van der Waals surface area contributed by atoms with Gasteiger partial charge in [-0.25, -0.2) is 0 Å². The number of piperazine rings is 1. The average molecular weight is 262 g/mol. The second kappa shape index (κ2) is 6.57. The maximum Gasteiger partial charge on any atom is 0.307 e. The van der Waals surface area contributed by atoms with Crippen molar-refractivity contribution in [2.75, 3.05) is 38.2 Å². The van der Waals surface area contributed by atoms with Crippen LogP contribution in [0.25, 0.3) is 0 Å². The number of benzene rings is 1. The summed E-state index contributed by atoms with van der Waals surface area (Å²) in [6.07, 6.45) is 0.474. The van der Waals surface area contributed by atoms with E-state index in [4.69, 9.17) is 4.74 Å². The molecule has 0 saturated carbocycles. The van der Waals surface area contributed by atoms with Gasteiger partial charge in [-0.3, -0.25) is 9.69 Å². The molecule has 1 aliphatic rings. The van der Waals surface area contributed by atoms with E-state index in [0.29, 0.717) is 6.42 Å². The molecule has 1 fully saturated rings. The molecule has 0 N–H and O–H groups in total. The van der Waals surface area contributed by atoms with Gasteiger partial charge >= 0.3 is 5.97 Å². The smallest absolute Gasteiger partial charge is 0.307 e. The van der Waals surface area contributed by atoms with Crippen molar-refractivity contribution in [3.8, 4) is 0 Å². The van der Waals surface area contributed by atoms with Crippen LogP contribution in [0.1, 0.15) is 13.3 Å². The summed E-state index contributed by atoms with van der Waals surface area (Å²) in [4.78, 5) is 16.0. The molecule has 2 rings (SSSR count). The minimum absolute atomic E-state index is 0.127. The van der Waals surface area contributed by atoms with Gasteiger partial charge in [0.15, 0.2) is 0 Å². The Morgan fingerprint density at radius 1 is 1.21 bits per heavy atom. The Balaban J connectivity index is 1.84. The van der Waals surface area contributed by atoms with E-state index in [1.807, 2.05) is 6.07 Å².